The molecule has 0 unspecified atom stereocenters. The Morgan fingerprint density at radius 2 is 1.75 bits per heavy atom. The Kier molecular flexibility index (Phi) is 6.42. The van der Waals surface area contributed by atoms with Crippen LogP contribution in [-0.2, 0) is 22.7 Å². The second kappa shape index (κ2) is 8.76. The molecule has 1 N–H and O–H groups in total. The fraction of sp³-hybridized carbons (Fsp3) is 0.278. The molecule has 2 aromatic rings. The highest BCUT2D eigenvalue weighted by Gasteiger charge is 2.12. The fourth-order valence-electron chi connectivity index (χ4n) is 2.18. The molecule has 2 amide bonds. The molecule has 0 bridgehead atoms. The van der Waals surface area contributed by atoms with Gasteiger partial charge in [0.1, 0.15) is 5.82 Å². The number of nitrogens with one attached hydrogen (secondary N) is 1. The van der Waals surface area contributed by atoms with Gasteiger partial charge in [-0.2, -0.15) is 0 Å². The standard InChI is InChI=1S/C18H20FN3O2/c1-14(23)22(13-16-2-4-17(19)5-3-16)11-8-18(24)21-12-15-6-9-20-10-7-15/h2-7,9-10H,8,11-13H2,1H3,(H,21,24). The first-order valence-corrected chi connectivity index (χ1v) is 7.70. The largest absolute Gasteiger partial charge is 0.352 e. The molecule has 0 atom stereocenters. The van der Waals surface area contributed by atoms with Crippen molar-refractivity contribution in [2.24, 2.45) is 0 Å². The number of amides is 2. The van der Waals surface area contributed by atoms with Crippen LogP contribution in [0.25, 0.3) is 0 Å². The van der Waals surface area contributed by atoms with Gasteiger partial charge in [0.15, 0.2) is 0 Å². The molecule has 0 saturated carbocycles. The second-order valence-electron chi connectivity index (χ2n) is 5.45. The minimum Gasteiger partial charge on any atom is -0.352 e. The Morgan fingerprint density at radius 1 is 1.08 bits per heavy atom. The van der Waals surface area contributed by atoms with Crippen molar-refractivity contribution in [2.75, 3.05) is 6.54 Å². The Morgan fingerprint density at radius 3 is 2.38 bits per heavy atom. The number of hydrogen-bond donors (Lipinski definition) is 1. The highest BCUT2D eigenvalue weighted by molar-refractivity contribution is 5.78. The van der Waals surface area contributed by atoms with Gasteiger partial charge in [-0.05, 0) is 35.4 Å². The zero-order chi connectivity index (χ0) is 17.4. The van der Waals surface area contributed by atoms with Crippen molar-refractivity contribution in [1.29, 1.82) is 0 Å². The molecule has 1 heterocycles. The van der Waals surface area contributed by atoms with Crippen molar-refractivity contribution >= 4 is 11.8 Å². The van der Waals surface area contributed by atoms with E-state index >= 15 is 0 Å². The molecular weight excluding hydrogens is 309 g/mol. The van der Waals surface area contributed by atoms with Crippen molar-refractivity contribution in [3.8, 4) is 0 Å². The van der Waals surface area contributed by atoms with Crippen molar-refractivity contribution in [3.63, 3.8) is 0 Å². The van der Waals surface area contributed by atoms with Gasteiger partial charge in [0, 0.05) is 45.4 Å². The van der Waals surface area contributed by atoms with E-state index in [0.29, 0.717) is 19.6 Å². The average Bonchev–Trinajstić information content (AvgIpc) is 2.59. The molecule has 126 valence electrons. The minimum absolute atomic E-state index is 0.124. The van der Waals surface area contributed by atoms with Crippen molar-refractivity contribution < 1.29 is 14.0 Å². The normalized spacial score (nSPS) is 10.2. The molecule has 2 rings (SSSR count). The lowest BCUT2D eigenvalue weighted by molar-refractivity contribution is -0.130. The summed E-state index contributed by atoms with van der Waals surface area (Å²) in [6, 6.07) is 9.64. The van der Waals surface area contributed by atoms with Gasteiger partial charge in [0.25, 0.3) is 0 Å². The van der Waals surface area contributed by atoms with E-state index in [0.717, 1.165) is 11.1 Å². The molecule has 0 saturated heterocycles. The highest BCUT2D eigenvalue weighted by atomic mass is 19.1. The summed E-state index contributed by atoms with van der Waals surface area (Å²) in [5.41, 5.74) is 1.79. The van der Waals surface area contributed by atoms with Gasteiger partial charge in [-0.3, -0.25) is 14.6 Å². The van der Waals surface area contributed by atoms with Crippen LogP contribution in [0.4, 0.5) is 4.39 Å². The van der Waals surface area contributed by atoms with E-state index in [9.17, 15) is 14.0 Å². The molecule has 0 radical (unpaired) electrons. The van der Waals surface area contributed by atoms with Crippen molar-refractivity contribution in [2.45, 2.75) is 26.4 Å². The van der Waals surface area contributed by atoms with Crippen LogP contribution in [0.2, 0.25) is 0 Å². The maximum atomic E-state index is 12.9. The molecule has 1 aromatic carbocycles. The van der Waals surface area contributed by atoms with Crippen LogP contribution in [0.1, 0.15) is 24.5 Å². The van der Waals surface area contributed by atoms with Crippen LogP contribution in [0.15, 0.2) is 48.8 Å². The first-order valence-electron chi connectivity index (χ1n) is 7.70. The third-order valence-corrected chi connectivity index (χ3v) is 3.58. The van der Waals surface area contributed by atoms with Crippen molar-refractivity contribution in [1.82, 2.24) is 15.2 Å². The SMILES string of the molecule is CC(=O)N(CCC(=O)NCc1ccncc1)Cc1ccc(F)cc1. The minimum atomic E-state index is -0.316. The summed E-state index contributed by atoms with van der Waals surface area (Å²) >= 11 is 0. The number of rotatable bonds is 7. The number of carbonyl (C=O) groups excluding carboxylic acids is 2. The lowest BCUT2D eigenvalue weighted by Gasteiger charge is -2.21. The average molecular weight is 329 g/mol. The van der Waals surface area contributed by atoms with E-state index in [4.69, 9.17) is 0 Å². The molecule has 0 aliphatic heterocycles. The smallest absolute Gasteiger partial charge is 0.222 e. The van der Waals surface area contributed by atoms with E-state index in [1.54, 1.807) is 29.4 Å². The lowest BCUT2D eigenvalue weighted by atomic mass is 10.2. The van der Waals surface area contributed by atoms with Crippen LogP contribution >= 0.6 is 0 Å². The number of hydrogen-bond acceptors (Lipinski definition) is 3. The van der Waals surface area contributed by atoms with Gasteiger partial charge in [0.05, 0.1) is 0 Å². The molecule has 5 nitrogen and oxygen atoms in total. The Labute approximate surface area is 140 Å². The van der Waals surface area contributed by atoms with E-state index < -0.39 is 0 Å². The third-order valence-electron chi connectivity index (χ3n) is 3.58. The highest BCUT2D eigenvalue weighted by Crippen LogP contribution is 2.07. The fourth-order valence-corrected chi connectivity index (χ4v) is 2.18. The number of pyridine rings is 1. The molecular formula is C18H20FN3O2. The third kappa shape index (κ3) is 5.79. The Hall–Kier alpha value is -2.76. The predicted octanol–water partition coefficient (Wildman–Crippen LogP) is 2.28. The van der Waals surface area contributed by atoms with E-state index in [2.05, 4.69) is 10.3 Å². The molecule has 0 aliphatic rings. The van der Waals surface area contributed by atoms with Gasteiger partial charge in [-0.15, -0.1) is 0 Å². The monoisotopic (exact) mass is 329 g/mol. The van der Waals surface area contributed by atoms with Crippen molar-refractivity contribution in [3.05, 3.63) is 65.7 Å². The maximum absolute atomic E-state index is 12.9. The number of carbonyl (C=O) groups is 2. The molecule has 6 heteroatoms. The van der Waals surface area contributed by atoms with Gasteiger partial charge in [0.2, 0.25) is 11.8 Å². The number of benzene rings is 1. The summed E-state index contributed by atoms with van der Waals surface area (Å²) in [6.45, 7) is 2.56. The van der Waals surface area contributed by atoms with E-state index in [1.165, 1.54) is 19.1 Å². The van der Waals surface area contributed by atoms with Crippen LogP contribution in [0.5, 0.6) is 0 Å². The summed E-state index contributed by atoms with van der Waals surface area (Å²) < 4.78 is 12.9. The maximum Gasteiger partial charge on any atom is 0.222 e. The molecule has 0 aliphatic carbocycles. The Balaban J connectivity index is 1.81. The second-order valence-corrected chi connectivity index (χ2v) is 5.45. The molecule has 24 heavy (non-hydrogen) atoms. The predicted molar refractivity (Wildman–Crippen MR) is 88.2 cm³/mol. The topological polar surface area (TPSA) is 62.3 Å². The summed E-state index contributed by atoms with van der Waals surface area (Å²) in [6.07, 6.45) is 3.55. The molecule has 1 aromatic heterocycles. The summed E-state index contributed by atoms with van der Waals surface area (Å²) in [7, 11) is 0. The quantitative estimate of drug-likeness (QED) is 0.848. The number of nitrogens with zero attached hydrogens (tertiary/aromatic N) is 2. The first kappa shape index (κ1) is 17.6. The van der Waals surface area contributed by atoms with Gasteiger partial charge < -0.3 is 10.2 Å². The van der Waals surface area contributed by atoms with E-state index in [-0.39, 0.29) is 24.1 Å². The number of halogens is 1. The molecule has 0 spiro atoms. The van der Waals surface area contributed by atoms with Crippen LogP contribution in [-0.4, -0.2) is 28.2 Å². The van der Waals surface area contributed by atoms with Gasteiger partial charge in [-0.1, -0.05) is 12.1 Å². The van der Waals surface area contributed by atoms with Crippen LogP contribution in [0, 0.1) is 5.82 Å². The van der Waals surface area contributed by atoms with E-state index in [1.807, 2.05) is 12.1 Å². The Bertz CT molecular complexity index is 674. The summed E-state index contributed by atoms with van der Waals surface area (Å²) in [5.74, 6) is -0.568. The van der Waals surface area contributed by atoms with Gasteiger partial charge >= 0.3 is 0 Å². The zero-order valence-electron chi connectivity index (χ0n) is 13.5. The summed E-state index contributed by atoms with van der Waals surface area (Å²) in [4.78, 5) is 29.1. The number of aromatic nitrogens is 1. The first-order chi connectivity index (χ1) is 11.5. The lowest BCUT2D eigenvalue weighted by Crippen LogP contribution is -2.33. The molecule has 0 fully saturated rings. The zero-order valence-corrected chi connectivity index (χ0v) is 13.5. The van der Waals surface area contributed by atoms with Crippen LogP contribution < -0.4 is 5.32 Å². The summed E-state index contributed by atoms with van der Waals surface area (Å²) in [5, 5.41) is 2.81. The van der Waals surface area contributed by atoms with Gasteiger partial charge in [-0.25, -0.2) is 4.39 Å². The van der Waals surface area contributed by atoms with Crippen LogP contribution in [0.3, 0.4) is 0 Å².